The Morgan fingerprint density at radius 2 is 1.50 bits per heavy atom. The molecule has 42 heavy (non-hydrogen) atoms. The first-order valence-electron chi connectivity index (χ1n) is 13.2. The Bertz CT molecular complexity index is 1380. The molecule has 12 heteroatoms. The summed E-state index contributed by atoms with van der Waals surface area (Å²) >= 11 is 5.07. The lowest BCUT2D eigenvalue weighted by Crippen LogP contribution is -2.28. The Morgan fingerprint density at radius 1 is 0.952 bits per heavy atom. The van der Waals surface area contributed by atoms with Crippen molar-refractivity contribution >= 4 is 39.4 Å². The Kier molecular flexibility index (Phi) is 10.7. The van der Waals surface area contributed by atoms with E-state index in [1.807, 2.05) is 49.4 Å². The maximum Gasteiger partial charge on any atom is 0.345 e. The van der Waals surface area contributed by atoms with E-state index >= 15 is 0 Å². The molecule has 0 spiro atoms. The first-order valence-corrected chi connectivity index (χ1v) is 14.8. The highest BCUT2D eigenvalue weighted by Crippen LogP contribution is 2.48. The maximum atomic E-state index is 12.5. The number of hydrogen-bond acceptors (Lipinski definition) is 9. The molecule has 3 aromatic carbocycles. The predicted octanol–water partition coefficient (Wildman–Crippen LogP) is 7.45. The molecule has 1 aliphatic heterocycles. The van der Waals surface area contributed by atoms with Gasteiger partial charge < -0.3 is 33.7 Å². The molecule has 3 aromatic rings. The number of anilines is 1. The molecule has 3 unspecified atom stereocenters. The molecule has 2 amide bonds. The van der Waals surface area contributed by atoms with Gasteiger partial charge in [-0.05, 0) is 83.2 Å². The van der Waals surface area contributed by atoms with Gasteiger partial charge in [0, 0.05) is 16.4 Å². The highest BCUT2D eigenvalue weighted by molar-refractivity contribution is 9.10. The van der Waals surface area contributed by atoms with Crippen molar-refractivity contribution in [1.29, 1.82) is 0 Å². The van der Waals surface area contributed by atoms with Crippen molar-refractivity contribution in [2.45, 2.75) is 42.3 Å². The zero-order valence-corrected chi connectivity index (χ0v) is 26.7. The van der Waals surface area contributed by atoms with Crippen LogP contribution in [0.2, 0.25) is 0 Å². The quantitative estimate of drug-likeness (QED) is 0.0937. The molecule has 226 valence electrons. The number of nitrogens with one attached hydrogen (secondary N) is 1. The topological polar surface area (TPSA) is 108 Å². The number of urea groups is 1. The third kappa shape index (κ3) is 7.17. The van der Waals surface area contributed by atoms with Crippen molar-refractivity contribution in [2.75, 3.05) is 40.8 Å². The van der Waals surface area contributed by atoms with E-state index in [9.17, 15) is 10.0 Å². The van der Waals surface area contributed by atoms with Gasteiger partial charge in [-0.2, -0.15) is 0 Å². The first kappa shape index (κ1) is 31.6. The molecule has 1 aliphatic rings. The fourth-order valence-electron chi connectivity index (χ4n) is 4.70. The smallest absolute Gasteiger partial charge is 0.345 e. The van der Waals surface area contributed by atoms with Crippen LogP contribution >= 0.6 is 27.7 Å². The van der Waals surface area contributed by atoms with E-state index in [0.717, 1.165) is 26.9 Å². The molecule has 0 bridgehead atoms. The number of ether oxygens (including phenoxy) is 6. The number of amides is 2. The van der Waals surface area contributed by atoms with Crippen LogP contribution in [0.25, 0.3) is 0 Å². The Balaban J connectivity index is 1.63. The van der Waals surface area contributed by atoms with Crippen LogP contribution in [-0.4, -0.2) is 57.2 Å². The summed E-state index contributed by atoms with van der Waals surface area (Å²) in [4.78, 5) is 13.5. The fraction of sp³-hybridized carbons (Fsp3) is 0.367. The van der Waals surface area contributed by atoms with Crippen LogP contribution in [0.3, 0.4) is 0 Å². The summed E-state index contributed by atoms with van der Waals surface area (Å²) in [7, 11) is 7.49. The normalized spacial score (nSPS) is 16.9. The van der Waals surface area contributed by atoms with Crippen LogP contribution in [0.5, 0.6) is 28.7 Å². The number of hydroxylamine groups is 2. The lowest BCUT2D eigenvalue weighted by molar-refractivity contribution is -0.0118. The first-order chi connectivity index (χ1) is 20.2. The molecular weight excluding hydrogens is 628 g/mol. The van der Waals surface area contributed by atoms with Crippen LogP contribution in [0.4, 0.5) is 10.5 Å². The summed E-state index contributed by atoms with van der Waals surface area (Å²) in [6.45, 7) is 1.91. The standard InChI is InChI=1S/C30H35BrN2O8S/c1-17(42-27-10-8-7-9-20(27)31)40-28-21(32-30(34)33(2)35)13-18(14-24(28)36-3)22-11-12-23(41-22)19-15-25(37-4)29(39-6)26(16-19)38-5/h7-10,13-17,22-23,35H,11-12H2,1-6H3,(H,32,34). The van der Waals surface area contributed by atoms with Gasteiger partial charge in [0.2, 0.25) is 5.75 Å². The zero-order chi connectivity index (χ0) is 30.4. The second kappa shape index (κ2) is 14.2. The van der Waals surface area contributed by atoms with Gasteiger partial charge in [-0.1, -0.05) is 23.9 Å². The maximum absolute atomic E-state index is 12.5. The van der Waals surface area contributed by atoms with Crippen LogP contribution < -0.4 is 29.0 Å². The average Bonchev–Trinajstić information content (AvgIpc) is 3.48. The van der Waals surface area contributed by atoms with Gasteiger partial charge in [0.1, 0.15) is 5.44 Å². The molecule has 0 saturated carbocycles. The van der Waals surface area contributed by atoms with E-state index in [2.05, 4.69) is 21.2 Å². The summed E-state index contributed by atoms with van der Waals surface area (Å²) in [5.41, 5.74) is 1.68. The molecular formula is C30H35BrN2O8S. The minimum atomic E-state index is -0.729. The van der Waals surface area contributed by atoms with Gasteiger partial charge in [-0.25, -0.2) is 9.86 Å². The fourth-order valence-corrected chi connectivity index (χ4v) is 6.10. The second-order valence-electron chi connectivity index (χ2n) is 9.44. The number of halogens is 1. The van der Waals surface area contributed by atoms with E-state index in [4.69, 9.17) is 28.4 Å². The molecule has 0 aliphatic carbocycles. The number of hydrogen-bond donors (Lipinski definition) is 2. The number of nitrogens with zero attached hydrogens (tertiary/aromatic N) is 1. The van der Waals surface area contributed by atoms with Gasteiger partial charge in [0.25, 0.3) is 0 Å². The van der Waals surface area contributed by atoms with Crippen LogP contribution in [0.15, 0.2) is 57.9 Å². The zero-order valence-electron chi connectivity index (χ0n) is 24.3. The molecule has 0 radical (unpaired) electrons. The lowest BCUT2D eigenvalue weighted by atomic mass is 10.0. The Hall–Kier alpha value is -3.32. The van der Waals surface area contributed by atoms with Crippen molar-refractivity contribution in [2.24, 2.45) is 0 Å². The molecule has 4 rings (SSSR count). The van der Waals surface area contributed by atoms with Crippen molar-refractivity contribution in [1.82, 2.24) is 5.06 Å². The second-order valence-corrected chi connectivity index (χ2v) is 11.6. The number of benzene rings is 3. The molecule has 10 nitrogen and oxygen atoms in total. The van der Waals surface area contributed by atoms with Crippen LogP contribution in [0.1, 0.15) is 43.1 Å². The van der Waals surface area contributed by atoms with E-state index < -0.39 is 6.03 Å². The minimum absolute atomic E-state index is 0.229. The number of rotatable bonds is 11. The number of carbonyl (C=O) groups is 1. The molecule has 1 heterocycles. The van der Waals surface area contributed by atoms with Gasteiger partial charge >= 0.3 is 6.03 Å². The summed E-state index contributed by atoms with van der Waals surface area (Å²) in [5, 5.41) is 12.9. The monoisotopic (exact) mass is 662 g/mol. The molecule has 3 atom stereocenters. The van der Waals surface area contributed by atoms with E-state index in [1.54, 1.807) is 27.4 Å². The van der Waals surface area contributed by atoms with E-state index in [-0.39, 0.29) is 17.6 Å². The summed E-state index contributed by atoms with van der Waals surface area (Å²) in [5.74, 6) is 2.37. The van der Waals surface area contributed by atoms with Crippen molar-refractivity contribution in [3.05, 3.63) is 64.1 Å². The molecule has 1 fully saturated rings. The minimum Gasteiger partial charge on any atom is -0.493 e. The third-order valence-corrected chi connectivity index (χ3v) is 8.69. The highest BCUT2D eigenvalue weighted by atomic mass is 79.9. The van der Waals surface area contributed by atoms with Crippen LogP contribution in [0, 0.1) is 0 Å². The van der Waals surface area contributed by atoms with E-state index in [1.165, 1.54) is 25.9 Å². The van der Waals surface area contributed by atoms with Crippen LogP contribution in [-0.2, 0) is 4.74 Å². The van der Waals surface area contributed by atoms with Gasteiger partial charge in [-0.3, -0.25) is 5.21 Å². The molecule has 0 aromatic heterocycles. The number of thioether (sulfide) groups is 1. The predicted molar refractivity (Wildman–Crippen MR) is 164 cm³/mol. The number of carbonyl (C=O) groups excluding carboxylic acids is 1. The van der Waals surface area contributed by atoms with Crippen molar-refractivity contribution < 1.29 is 38.4 Å². The summed E-state index contributed by atoms with van der Waals surface area (Å²) in [6, 6.07) is 14.5. The van der Waals surface area contributed by atoms with E-state index in [0.29, 0.717) is 45.9 Å². The Morgan fingerprint density at radius 3 is 2.02 bits per heavy atom. The third-order valence-electron chi connectivity index (χ3n) is 6.70. The SMILES string of the molecule is COc1cc(C2CCC(c3cc(OC)c(OC)c(OC)c3)O2)cc(NC(=O)N(C)O)c1OC(C)Sc1ccccc1Br. The number of methoxy groups -OCH3 is 4. The van der Waals surface area contributed by atoms with Gasteiger partial charge in [0.15, 0.2) is 23.0 Å². The summed E-state index contributed by atoms with van der Waals surface area (Å²) in [6.07, 6.45) is 0.927. The van der Waals surface area contributed by atoms with Gasteiger partial charge in [0.05, 0.1) is 46.3 Å². The molecule has 2 N–H and O–H groups in total. The largest absolute Gasteiger partial charge is 0.493 e. The van der Waals surface area contributed by atoms with Crippen molar-refractivity contribution in [3.8, 4) is 28.7 Å². The highest BCUT2D eigenvalue weighted by Gasteiger charge is 2.31. The van der Waals surface area contributed by atoms with Crippen molar-refractivity contribution in [3.63, 3.8) is 0 Å². The Labute approximate surface area is 258 Å². The summed E-state index contributed by atoms with van der Waals surface area (Å²) < 4.78 is 36.0. The molecule has 1 saturated heterocycles. The lowest BCUT2D eigenvalue weighted by Gasteiger charge is -2.23. The average molecular weight is 664 g/mol. The van der Waals surface area contributed by atoms with Gasteiger partial charge in [-0.15, -0.1) is 0 Å².